The highest BCUT2D eigenvalue weighted by Gasteiger charge is 2.21. The van der Waals surface area contributed by atoms with Gasteiger partial charge < -0.3 is 14.1 Å². The molecule has 2 aromatic rings. The highest BCUT2D eigenvalue weighted by molar-refractivity contribution is 5.90. The van der Waals surface area contributed by atoms with Crippen LogP contribution in [0.4, 0.5) is 5.82 Å². The van der Waals surface area contributed by atoms with Gasteiger partial charge in [0.25, 0.3) is 0 Å². The van der Waals surface area contributed by atoms with Crippen LogP contribution in [0.3, 0.4) is 0 Å². The predicted molar refractivity (Wildman–Crippen MR) is 86.5 cm³/mol. The van der Waals surface area contributed by atoms with Crippen molar-refractivity contribution in [3.8, 4) is 0 Å². The van der Waals surface area contributed by atoms with Gasteiger partial charge in [-0.2, -0.15) is 0 Å². The van der Waals surface area contributed by atoms with Gasteiger partial charge in [-0.05, 0) is 25.1 Å². The zero-order valence-electron chi connectivity index (χ0n) is 13.5. The zero-order chi connectivity index (χ0) is 16.2. The van der Waals surface area contributed by atoms with Crippen molar-refractivity contribution in [2.24, 2.45) is 0 Å². The van der Waals surface area contributed by atoms with Crippen LogP contribution in [0.5, 0.6) is 0 Å². The largest absolute Gasteiger partial charge is 0.465 e. The number of carbonyl (C=O) groups is 1. The summed E-state index contributed by atoms with van der Waals surface area (Å²) in [7, 11) is 1.38. The number of hydrogen-bond donors (Lipinski definition) is 0. The maximum atomic E-state index is 11.6. The first kappa shape index (κ1) is 15.6. The summed E-state index contributed by atoms with van der Waals surface area (Å²) in [4.78, 5) is 20.6. The Hall–Kier alpha value is -2.34. The molecule has 0 aliphatic carbocycles. The monoisotopic (exact) mass is 315 g/mol. The van der Waals surface area contributed by atoms with E-state index in [1.165, 1.54) is 7.11 Å². The number of piperazine rings is 1. The van der Waals surface area contributed by atoms with Crippen LogP contribution in [0, 0.1) is 6.92 Å². The molecule has 1 aliphatic rings. The number of ether oxygens (including phenoxy) is 1. The third-order valence-corrected chi connectivity index (χ3v) is 4.10. The zero-order valence-corrected chi connectivity index (χ0v) is 13.5. The second kappa shape index (κ2) is 6.83. The number of aryl methyl sites for hydroxylation is 1. The molecule has 1 aliphatic heterocycles. The van der Waals surface area contributed by atoms with E-state index in [0.717, 1.165) is 37.8 Å². The quantitative estimate of drug-likeness (QED) is 0.805. The van der Waals surface area contributed by atoms with Gasteiger partial charge in [-0.25, -0.2) is 9.78 Å². The highest BCUT2D eigenvalue weighted by Crippen LogP contribution is 2.19. The van der Waals surface area contributed by atoms with Crippen LogP contribution in [0.2, 0.25) is 0 Å². The molecule has 0 N–H and O–H groups in total. The van der Waals surface area contributed by atoms with Crippen LogP contribution in [-0.2, 0) is 11.3 Å². The molecule has 0 atom stereocenters. The average Bonchev–Trinajstić information content (AvgIpc) is 2.96. The maximum Gasteiger partial charge on any atom is 0.341 e. The van der Waals surface area contributed by atoms with Crippen LogP contribution in [-0.4, -0.2) is 49.1 Å². The molecule has 0 saturated carbocycles. The first-order valence-electron chi connectivity index (χ1n) is 7.73. The lowest BCUT2D eigenvalue weighted by atomic mass is 10.2. The summed E-state index contributed by atoms with van der Waals surface area (Å²) in [5.74, 6) is 2.08. The Morgan fingerprint density at radius 3 is 2.74 bits per heavy atom. The third-order valence-electron chi connectivity index (χ3n) is 4.10. The van der Waals surface area contributed by atoms with Crippen LogP contribution in [0.1, 0.15) is 21.9 Å². The molecule has 0 unspecified atom stereocenters. The topological polar surface area (TPSA) is 58.8 Å². The molecule has 0 spiro atoms. The number of carbonyl (C=O) groups excluding carboxylic acids is 1. The minimum Gasteiger partial charge on any atom is -0.465 e. The number of esters is 1. The molecule has 6 nitrogen and oxygen atoms in total. The highest BCUT2D eigenvalue weighted by atomic mass is 16.5. The fraction of sp³-hybridized carbons (Fsp3) is 0.412. The first-order chi connectivity index (χ1) is 11.2. The average molecular weight is 315 g/mol. The Balaban J connectivity index is 1.58. The predicted octanol–water partition coefficient (Wildman–Crippen LogP) is 2.09. The van der Waals surface area contributed by atoms with Crippen molar-refractivity contribution in [1.29, 1.82) is 0 Å². The molecule has 1 saturated heterocycles. The Morgan fingerprint density at radius 2 is 2.09 bits per heavy atom. The molecule has 3 heterocycles. The number of aromatic nitrogens is 1. The van der Waals surface area contributed by atoms with Gasteiger partial charge in [-0.1, -0.05) is 6.07 Å². The van der Waals surface area contributed by atoms with Gasteiger partial charge in [0.15, 0.2) is 0 Å². The fourth-order valence-electron chi connectivity index (χ4n) is 2.83. The van der Waals surface area contributed by atoms with Gasteiger partial charge in [0, 0.05) is 32.4 Å². The summed E-state index contributed by atoms with van der Waals surface area (Å²) >= 11 is 0. The summed E-state index contributed by atoms with van der Waals surface area (Å²) in [5.41, 5.74) is 0.509. The van der Waals surface area contributed by atoms with Gasteiger partial charge in [0.05, 0.1) is 13.7 Å². The number of pyridine rings is 1. The van der Waals surface area contributed by atoms with E-state index in [2.05, 4.69) is 14.8 Å². The minimum atomic E-state index is -0.350. The lowest BCUT2D eigenvalue weighted by Crippen LogP contribution is -2.46. The molecule has 0 aromatic carbocycles. The summed E-state index contributed by atoms with van der Waals surface area (Å²) in [6, 6.07) is 7.76. The molecule has 3 rings (SSSR count). The van der Waals surface area contributed by atoms with Crippen LogP contribution >= 0.6 is 0 Å². The number of rotatable bonds is 4. The van der Waals surface area contributed by atoms with Gasteiger partial charge in [0.1, 0.15) is 22.9 Å². The molecule has 0 radical (unpaired) electrons. The molecule has 23 heavy (non-hydrogen) atoms. The van der Waals surface area contributed by atoms with Crippen molar-refractivity contribution >= 4 is 11.8 Å². The van der Waals surface area contributed by atoms with Crippen molar-refractivity contribution in [1.82, 2.24) is 9.88 Å². The number of furan rings is 1. The first-order valence-corrected chi connectivity index (χ1v) is 7.73. The molecule has 6 heteroatoms. The van der Waals surface area contributed by atoms with E-state index in [4.69, 9.17) is 9.15 Å². The second-order valence-electron chi connectivity index (χ2n) is 5.63. The number of hydrogen-bond acceptors (Lipinski definition) is 6. The van der Waals surface area contributed by atoms with Crippen molar-refractivity contribution in [2.75, 3.05) is 38.2 Å². The van der Waals surface area contributed by atoms with Gasteiger partial charge in [0.2, 0.25) is 0 Å². The van der Waals surface area contributed by atoms with E-state index >= 15 is 0 Å². The second-order valence-corrected chi connectivity index (χ2v) is 5.63. The Kier molecular flexibility index (Phi) is 4.62. The van der Waals surface area contributed by atoms with Crippen molar-refractivity contribution in [3.05, 3.63) is 47.5 Å². The third kappa shape index (κ3) is 3.53. The number of anilines is 1. The van der Waals surface area contributed by atoms with E-state index in [-0.39, 0.29) is 5.97 Å². The van der Waals surface area contributed by atoms with E-state index in [9.17, 15) is 4.79 Å². The molecular weight excluding hydrogens is 294 g/mol. The summed E-state index contributed by atoms with van der Waals surface area (Å²) in [5, 5.41) is 0. The summed E-state index contributed by atoms with van der Waals surface area (Å²) in [6.45, 7) is 6.22. The maximum absolute atomic E-state index is 11.6. The standard InChI is InChI=1S/C17H21N3O3/c1-13-15(17(21)22-2)11-14(23-13)12-19-7-9-20(10-8-19)16-5-3-4-6-18-16/h3-6,11H,7-10,12H2,1-2H3. The normalized spacial score (nSPS) is 15.7. The van der Waals surface area contributed by atoms with Crippen molar-refractivity contribution in [2.45, 2.75) is 13.5 Å². The number of nitrogens with zero attached hydrogens (tertiary/aromatic N) is 3. The van der Waals surface area contributed by atoms with E-state index in [0.29, 0.717) is 17.9 Å². The fourth-order valence-corrected chi connectivity index (χ4v) is 2.83. The number of methoxy groups -OCH3 is 1. The van der Waals surface area contributed by atoms with Gasteiger partial charge in [-0.3, -0.25) is 4.90 Å². The van der Waals surface area contributed by atoms with Crippen LogP contribution in [0.15, 0.2) is 34.9 Å². The molecule has 122 valence electrons. The van der Waals surface area contributed by atoms with Crippen molar-refractivity contribution in [3.63, 3.8) is 0 Å². The lowest BCUT2D eigenvalue weighted by Gasteiger charge is -2.34. The minimum absolute atomic E-state index is 0.350. The SMILES string of the molecule is COC(=O)c1cc(CN2CCN(c3ccccn3)CC2)oc1C. The lowest BCUT2D eigenvalue weighted by molar-refractivity contribution is 0.0599. The molecule has 0 amide bonds. The molecular formula is C17H21N3O3. The summed E-state index contributed by atoms with van der Waals surface area (Å²) < 4.78 is 10.4. The van der Waals surface area contributed by atoms with Crippen LogP contribution in [0.25, 0.3) is 0 Å². The van der Waals surface area contributed by atoms with Gasteiger partial charge in [-0.15, -0.1) is 0 Å². The summed E-state index contributed by atoms with van der Waals surface area (Å²) in [6.07, 6.45) is 1.82. The van der Waals surface area contributed by atoms with Crippen LogP contribution < -0.4 is 4.90 Å². The van der Waals surface area contributed by atoms with E-state index < -0.39 is 0 Å². The van der Waals surface area contributed by atoms with Gasteiger partial charge >= 0.3 is 5.97 Å². The van der Waals surface area contributed by atoms with E-state index in [1.807, 2.05) is 24.4 Å². The Morgan fingerprint density at radius 1 is 1.30 bits per heavy atom. The Labute approximate surface area is 135 Å². The Bertz CT molecular complexity index is 661. The van der Waals surface area contributed by atoms with E-state index in [1.54, 1.807) is 13.0 Å². The molecule has 1 fully saturated rings. The smallest absolute Gasteiger partial charge is 0.341 e. The molecule has 0 bridgehead atoms. The van der Waals surface area contributed by atoms with Crippen molar-refractivity contribution < 1.29 is 13.9 Å². The molecule has 2 aromatic heterocycles.